The fraction of sp³-hybridized carbons (Fsp3) is 0.152. The highest BCUT2D eigenvalue weighted by atomic mass is 16.6. The van der Waals surface area contributed by atoms with Gasteiger partial charge >= 0.3 is 18.2 Å². The Bertz CT molecular complexity index is 1720. The van der Waals surface area contributed by atoms with E-state index in [-0.39, 0.29) is 23.3 Å². The van der Waals surface area contributed by atoms with E-state index in [4.69, 9.17) is 18.9 Å². The number of carbonyl (C=O) groups excluding carboxylic acids is 3. The Kier molecular flexibility index (Phi) is 9.80. The van der Waals surface area contributed by atoms with Gasteiger partial charge in [-0.05, 0) is 67.9 Å². The van der Waals surface area contributed by atoms with Gasteiger partial charge in [0, 0.05) is 43.6 Å². The molecule has 11 heteroatoms. The van der Waals surface area contributed by atoms with Gasteiger partial charge in [-0.1, -0.05) is 36.4 Å². The molecule has 0 fully saturated rings. The molecule has 1 N–H and O–H groups in total. The first-order valence-corrected chi connectivity index (χ1v) is 14.0. The summed E-state index contributed by atoms with van der Waals surface area (Å²) in [5.74, 6) is 1.01. The number of fused-ring (bicyclic) bond motifs is 1. The summed E-state index contributed by atoms with van der Waals surface area (Å²) in [6.45, 7) is 3.67. The summed E-state index contributed by atoms with van der Waals surface area (Å²) >= 11 is 0. The number of para-hydroxylation sites is 2. The molecule has 3 amide bonds. The summed E-state index contributed by atoms with van der Waals surface area (Å²) in [5, 5.41) is 3.68. The van der Waals surface area contributed by atoms with Gasteiger partial charge in [0.15, 0.2) is 0 Å². The number of aromatic nitrogens is 2. The molecular formula is C33H30N4O7. The number of hydrogen-bond acceptors (Lipinski definition) is 8. The fourth-order valence-corrected chi connectivity index (χ4v) is 4.24. The van der Waals surface area contributed by atoms with Crippen molar-refractivity contribution >= 4 is 34.8 Å². The normalized spacial score (nSPS) is 10.7. The van der Waals surface area contributed by atoms with E-state index in [0.717, 1.165) is 16.7 Å². The van der Waals surface area contributed by atoms with Crippen LogP contribution in [-0.2, 0) is 4.74 Å². The van der Waals surface area contributed by atoms with Crippen LogP contribution in [0.25, 0.3) is 10.9 Å². The molecular weight excluding hydrogens is 564 g/mol. The molecule has 5 aromatic rings. The van der Waals surface area contributed by atoms with Crippen LogP contribution >= 0.6 is 0 Å². The number of nitrogens with one attached hydrogen (secondary N) is 1. The number of rotatable bonds is 10. The molecule has 0 bridgehead atoms. The fourth-order valence-electron chi connectivity index (χ4n) is 4.24. The lowest BCUT2D eigenvalue weighted by atomic mass is 10.2. The number of hydrogen-bond donors (Lipinski definition) is 1. The first kappa shape index (κ1) is 29.8. The Morgan fingerprint density at radius 2 is 1.55 bits per heavy atom. The van der Waals surface area contributed by atoms with Crippen LogP contribution in [-0.4, -0.2) is 47.5 Å². The average molecular weight is 595 g/mol. The highest BCUT2D eigenvalue weighted by molar-refractivity contribution is 6.10. The number of benzene rings is 3. The number of pyridine rings is 1. The molecule has 0 atom stereocenters. The molecule has 2 heterocycles. The van der Waals surface area contributed by atoms with E-state index in [1.807, 2.05) is 13.0 Å². The second kappa shape index (κ2) is 14.5. The monoisotopic (exact) mass is 594 g/mol. The molecule has 0 unspecified atom stereocenters. The predicted molar refractivity (Wildman–Crippen MR) is 164 cm³/mol. The zero-order valence-corrected chi connectivity index (χ0v) is 23.9. The molecule has 5 rings (SSSR count). The zero-order chi connectivity index (χ0) is 30.7. The lowest BCUT2D eigenvalue weighted by molar-refractivity contribution is 0.145. The second-order valence-corrected chi connectivity index (χ2v) is 9.34. The summed E-state index contributed by atoms with van der Waals surface area (Å²) in [5.41, 5.74) is 0.970. The third-order valence-corrected chi connectivity index (χ3v) is 6.29. The highest BCUT2D eigenvalue weighted by Crippen LogP contribution is 2.28. The Labute approximate surface area is 253 Å². The molecule has 0 spiro atoms. The molecule has 0 aliphatic rings. The summed E-state index contributed by atoms with van der Waals surface area (Å²) in [6, 6.07) is 26.6. The van der Waals surface area contributed by atoms with Crippen LogP contribution in [0.3, 0.4) is 0 Å². The van der Waals surface area contributed by atoms with Crippen molar-refractivity contribution in [1.82, 2.24) is 14.9 Å². The van der Waals surface area contributed by atoms with Gasteiger partial charge in [-0.15, -0.1) is 0 Å². The van der Waals surface area contributed by atoms with E-state index in [0.29, 0.717) is 36.8 Å². The summed E-state index contributed by atoms with van der Waals surface area (Å²) < 4.78 is 23.7. The minimum absolute atomic E-state index is 0.0887. The summed E-state index contributed by atoms with van der Waals surface area (Å²) in [6.07, 6.45) is 1.87. The molecule has 0 saturated carbocycles. The Hall–Kier alpha value is -5.68. The lowest BCUT2D eigenvalue weighted by Crippen LogP contribution is -2.41. The number of imide groups is 1. The maximum atomic E-state index is 13.2. The maximum Gasteiger partial charge on any atom is 0.430 e. The van der Waals surface area contributed by atoms with Crippen molar-refractivity contribution in [2.75, 3.05) is 24.7 Å². The molecule has 0 aliphatic heterocycles. The summed E-state index contributed by atoms with van der Waals surface area (Å²) in [7, 11) is 0. The van der Waals surface area contributed by atoms with Crippen molar-refractivity contribution in [3.63, 3.8) is 0 Å². The van der Waals surface area contributed by atoms with Gasteiger partial charge in [0.2, 0.25) is 5.88 Å². The van der Waals surface area contributed by atoms with Crippen LogP contribution in [0.1, 0.15) is 13.3 Å². The van der Waals surface area contributed by atoms with Gasteiger partial charge in [-0.3, -0.25) is 4.57 Å². The van der Waals surface area contributed by atoms with Crippen molar-refractivity contribution in [2.24, 2.45) is 0 Å². The minimum atomic E-state index is -1.01. The van der Waals surface area contributed by atoms with Gasteiger partial charge in [0.05, 0.1) is 11.2 Å². The van der Waals surface area contributed by atoms with E-state index in [2.05, 4.69) is 10.3 Å². The molecule has 0 radical (unpaired) electrons. The van der Waals surface area contributed by atoms with Gasteiger partial charge in [-0.25, -0.2) is 19.4 Å². The minimum Gasteiger partial charge on any atom is -0.457 e. The largest absolute Gasteiger partial charge is 0.457 e. The van der Waals surface area contributed by atoms with Crippen LogP contribution < -0.4 is 24.4 Å². The maximum absolute atomic E-state index is 13.2. The standard InChI is InChI=1S/C33H30N4O7/c1-2-41-21-9-18-35-31(38)36-20-17-24-22-27(14-15-29(24)36)42-28-16-19-34-30(23-28)44-33(40)37(25-10-5-3-6-11-25)32(39)43-26-12-7-4-8-13-26/h3-8,10-17,19-20,22-23H,2,9,18,21H2,1H3,(H,35,38). The Balaban J connectivity index is 1.26. The SMILES string of the molecule is CCOCCCNC(=O)n1ccc2cc(Oc3ccnc(OC(=O)N(C(=O)Oc4ccccc4)c4ccccc4)c3)ccc21. The molecule has 0 aliphatic carbocycles. The van der Waals surface area contributed by atoms with E-state index in [9.17, 15) is 14.4 Å². The first-order valence-electron chi connectivity index (χ1n) is 14.0. The summed E-state index contributed by atoms with van der Waals surface area (Å²) in [4.78, 5) is 43.7. The lowest BCUT2D eigenvalue weighted by Gasteiger charge is -2.19. The van der Waals surface area contributed by atoms with E-state index >= 15 is 0 Å². The second-order valence-electron chi connectivity index (χ2n) is 9.34. The van der Waals surface area contributed by atoms with Crippen molar-refractivity contribution in [3.05, 3.63) is 109 Å². The van der Waals surface area contributed by atoms with E-state index < -0.39 is 12.2 Å². The number of ether oxygens (including phenoxy) is 4. The van der Waals surface area contributed by atoms with Gasteiger partial charge in [0.1, 0.15) is 17.2 Å². The molecule has 224 valence electrons. The van der Waals surface area contributed by atoms with Crippen LogP contribution in [0.2, 0.25) is 0 Å². The van der Waals surface area contributed by atoms with E-state index in [1.165, 1.54) is 16.8 Å². The van der Waals surface area contributed by atoms with E-state index in [1.54, 1.807) is 91.1 Å². The van der Waals surface area contributed by atoms with Crippen LogP contribution in [0.5, 0.6) is 23.1 Å². The molecule has 3 aromatic carbocycles. The third-order valence-electron chi connectivity index (χ3n) is 6.29. The van der Waals surface area contributed by atoms with Crippen LogP contribution in [0, 0.1) is 0 Å². The smallest absolute Gasteiger partial charge is 0.430 e. The van der Waals surface area contributed by atoms with Crippen molar-refractivity contribution in [1.29, 1.82) is 0 Å². The number of carbonyl (C=O) groups is 3. The molecule has 2 aromatic heterocycles. The molecule has 11 nitrogen and oxygen atoms in total. The van der Waals surface area contributed by atoms with Crippen molar-refractivity contribution < 1.29 is 33.3 Å². The number of anilines is 1. The quantitative estimate of drug-likeness (QED) is 0.171. The third kappa shape index (κ3) is 7.58. The molecule has 0 saturated heterocycles. The average Bonchev–Trinajstić information content (AvgIpc) is 3.46. The first-order chi connectivity index (χ1) is 21.5. The van der Waals surface area contributed by atoms with Crippen molar-refractivity contribution in [3.8, 4) is 23.1 Å². The zero-order valence-electron chi connectivity index (χ0n) is 23.9. The van der Waals surface area contributed by atoms with Crippen LogP contribution in [0.4, 0.5) is 20.1 Å². The Morgan fingerprint density at radius 1 is 0.818 bits per heavy atom. The number of nitrogens with zero attached hydrogens (tertiary/aromatic N) is 3. The predicted octanol–water partition coefficient (Wildman–Crippen LogP) is 7.02. The van der Waals surface area contributed by atoms with Gasteiger partial charge < -0.3 is 24.3 Å². The van der Waals surface area contributed by atoms with Gasteiger partial charge in [0.25, 0.3) is 0 Å². The van der Waals surface area contributed by atoms with Crippen molar-refractivity contribution in [2.45, 2.75) is 13.3 Å². The topological polar surface area (TPSA) is 121 Å². The van der Waals surface area contributed by atoms with Crippen LogP contribution in [0.15, 0.2) is 109 Å². The highest BCUT2D eigenvalue weighted by Gasteiger charge is 2.28. The molecule has 44 heavy (non-hydrogen) atoms. The number of amides is 3. The van der Waals surface area contributed by atoms with Gasteiger partial charge in [-0.2, -0.15) is 4.90 Å². The Morgan fingerprint density at radius 3 is 2.32 bits per heavy atom.